The van der Waals surface area contributed by atoms with Gasteiger partial charge in [0.25, 0.3) is 0 Å². The zero-order valence-corrected chi connectivity index (χ0v) is 18.3. The smallest absolute Gasteiger partial charge is 0.247 e. The maximum absolute atomic E-state index is 12.9. The van der Waals surface area contributed by atoms with E-state index >= 15 is 0 Å². The average Bonchev–Trinajstić information content (AvgIpc) is 2.50. The molecule has 0 saturated carbocycles. The number of hydrazine groups is 1. The molecule has 0 aromatic carbocycles. The minimum atomic E-state index is -3.65. The van der Waals surface area contributed by atoms with E-state index < -0.39 is 33.7 Å². The highest BCUT2D eigenvalue weighted by Crippen LogP contribution is 2.26. The molecule has 0 heterocycles. The predicted octanol–water partition coefficient (Wildman–Crippen LogP) is 2.08. The molecule has 0 aliphatic rings. The van der Waals surface area contributed by atoms with Gasteiger partial charge in [-0.3, -0.25) is 20.2 Å². The Kier molecular flexibility index (Phi) is 10.8. The lowest BCUT2D eigenvalue weighted by Gasteiger charge is -2.29. The van der Waals surface area contributed by atoms with Crippen LogP contribution in [0.15, 0.2) is 11.6 Å². The van der Waals surface area contributed by atoms with Gasteiger partial charge in [0.2, 0.25) is 21.8 Å². The summed E-state index contributed by atoms with van der Waals surface area (Å²) in [5, 5.41) is 9.11. The van der Waals surface area contributed by atoms with Crippen molar-refractivity contribution in [3.05, 3.63) is 11.6 Å². The number of sulfonamides is 1. The molecular formula is C18H35N3O5S. The molecule has 0 aromatic rings. The molecule has 0 aliphatic heterocycles. The molecule has 2 amide bonds. The molecule has 0 bridgehead atoms. The summed E-state index contributed by atoms with van der Waals surface area (Å²) in [6.45, 7) is 11.4. The van der Waals surface area contributed by atoms with Crippen LogP contribution in [-0.4, -0.2) is 42.7 Å². The monoisotopic (exact) mass is 405 g/mol. The number of amides is 2. The fourth-order valence-electron chi connectivity index (χ4n) is 2.66. The molecule has 0 aromatic heterocycles. The summed E-state index contributed by atoms with van der Waals surface area (Å²) in [5.74, 6) is -2.71. The number of rotatable bonds is 11. The summed E-state index contributed by atoms with van der Waals surface area (Å²) in [6.07, 6.45) is 3.49. The Morgan fingerprint density at radius 2 is 1.59 bits per heavy atom. The van der Waals surface area contributed by atoms with Gasteiger partial charge in [-0.15, -0.1) is 4.41 Å². The lowest BCUT2D eigenvalue weighted by molar-refractivity contribution is -0.142. The van der Waals surface area contributed by atoms with Crippen LogP contribution in [0.1, 0.15) is 54.4 Å². The Morgan fingerprint density at radius 1 is 1.04 bits per heavy atom. The number of nitrogens with zero attached hydrogens (tertiary/aromatic N) is 1. The second kappa shape index (κ2) is 11.4. The van der Waals surface area contributed by atoms with E-state index in [1.165, 1.54) is 0 Å². The normalized spacial score (nSPS) is 14.2. The topological polar surface area (TPSA) is 116 Å². The van der Waals surface area contributed by atoms with Crippen LogP contribution in [0.4, 0.5) is 0 Å². The van der Waals surface area contributed by atoms with Crippen molar-refractivity contribution >= 4 is 21.8 Å². The Hall–Kier alpha value is -1.45. The van der Waals surface area contributed by atoms with Crippen molar-refractivity contribution < 1.29 is 23.2 Å². The molecule has 27 heavy (non-hydrogen) atoms. The minimum Gasteiger partial charge on any atom is -0.289 e. The maximum atomic E-state index is 12.9. The molecule has 0 aliphatic carbocycles. The second-order valence-electron chi connectivity index (χ2n) is 8.00. The largest absolute Gasteiger partial charge is 0.289 e. The summed E-state index contributed by atoms with van der Waals surface area (Å²) in [6, 6.07) is 0. The van der Waals surface area contributed by atoms with Crippen LogP contribution in [0, 0.1) is 23.7 Å². The zero-order valence-electron chi connectivity index (χ0n) is 17.4. The van der Waals surface area contributed by atoms with Gasteiger partial charge in [-0.25, -0.2) is 13.9 Å². The molecule has 3 N–H and O–H groups in total. The zero-order chi connectivity index (χ0) is 21.4. The van der Waals surface area contributed by atoms with Gasteiger partial charge in [0.15, 0.2) is 0 Å². The molecule has 0 radical (unpaired) electrons. The van der Waals surface area contributed by atoms with E-state index in [1.807, 2.05) is 47.6 Å². The first kappa shape index (κ1) is 25.6. The van der Waals surface area contributed by atoms with Crippen molar-refractivity contribution in [2.75, 3.05) is 12.8 Å². The number of hydrogen-bond donors (Lipinski definition) is 3. The van der Waals surface area contributed by atoms with Crippen molar-refractivity contribution in [1.29, 1.82) is 0 Å². The molecule has 8 nitrogen and oxygen atoms in total. The number of hydrogen-bond acceptors (Lipinski definition) is 5. The van der Waals surface area contributed by atoms with E-state index in [4.69, 9.17) is 5.21 Å². The van der Waals surface area contributed by atoms with Crippen molar-refractivity contribution in [2.45, 2.75) is 54.4 Å². The van der Waals surface area contributed by atoms with Gasteiger partial charge in [0, 0.05) is 6.54 Å². The van der Waals surface area contributed by atoms with Gasteiger partial charge in [-0.05, 0) is 38.5 Å². The number of carbonyl (C=O) groups is 2. The van der Waals surface area contributed by atoms with Crippen LogP contribution >= 0.6 is 0 Å². The van der Waals surface area contributed by atoms with Crippen LogP contribution in [-0.2, 0) is 19.6 Å². The Labute approximate surface area is 163 Å². The van der Waals surface area contributed by atoms with Crippen molar-refractivity contribution in [3.63, 3.8) is 0 Å². The lowest BCUT2D eigenvalue weighted by atomic mass is 9.82. The van der Waals surface area contributed by atoms with Gasteiger partial charge in [0.05, 0.1) is 18.1 Å². The van der Waals surface area contributed by atoms with Gasteiger partial charge in [0.1, 0.15) is 0 Å². The highest BCUT2D eigenvalue weighted by atomic mass is 32.2. The van der Waals surface area contributed by atoms with Gasteiger partial charge in [-0.2, -0.15) is 0 Å². The SMILES string of the molecule is CC(C)=CC[C@H](C(=O)NO)[C@@H](CC(C)C)C(=O)NN(CC(C)C)S(C)(=O)=O. The van der Waals surface area contributed by atoms with Gasteiger partial charge in [-0.1, -0.05) is 39.3 Å². The van der Waals surface area contributed by atoms with Crippen LogP contribution < -0.4 is 10.9 Å². The van der Waals surface area contributed by atoms with E-state index in [9.17, 15) is 18.0 Å². The Balaban J connectivity index is 5.75. The Bertz CT molecular complexity index is 625. The molecule has 0 saturated heterocycles. The highest BCUT2D eigenvalue weighted by molar-refractivity contribution is 7.88. The Morgan fingerprint density at radius 3 is 1.96 bits per heavy atom. The first-order valence-corrected chi connectivity index (χ1v) is 11.0. The van der Waals surface area contributed by atoms with E-state index in [0.717, 1.165) is 16.2 Å². The number of nitrogens with one attached hydrogen (secondary N) is 2. The first-order chi connectivity index (χ1) is 12.3. The third-order valence-corrected chi connectivity index (χ3v) is 4.98. The summed E-state index contributed by atoms with van der Waals surface area (Å²) in [5.41, 5.74) is 5.08. The van der Waals surface area contributed by atoms with Crippen LogP contribution in [0.3, 0.4) is 0 Å². The van der Waals surface area contributed by atoms with Crippen molar-refractivity contribution in [3.8, 4) is 0 Å². The van der Waals surface area contributed by atoms with E-state index in [2.05, 4.69) is 5.43 Å². The maximum Gasteiger partial charge on any atom is 0.247 e. The van der Waals surface area contributed by atoms with Crippen LogP contribution in [0.2, 0.25) is 0 Å². The summed E-state index contributed by atoms with van der Waals surface area (Å²) >= 11 is 0. The third-order valence-electron chi connectivity index (χ3n) is 3.94. The fourth-order valence-corrected chi connectivity index (χ4v) is 3.49. The molecule has 0 fully saturated rings. The van der Waals surface area contributed by atoms with Crippen molar-refractivity contribution in [1.82, 2.24) is 15.3 Å². The van der Waals surface area contributed by atoms with Gasteiger partial charge >= 0.3 is 0 Å². The highest BCUT2D eigenvalue weighted by Gasteiger charge is 2.35. The molecule has 158 valence electrons. The molecule has 2 atom stereocenters. The molecule has 0 spiro atoms. The van der Waals surface area contributed by atoms with Crippen LogP contribution in [0.5, 0.6) is 0 Å². The molecule has 0 unspecified atom stereocenters. The summed E-state index contributed by atoms with van der Waals surface area (Å²) < 4.78 is 24.9. The molecular weight excluding hydrogens is 370 g/mol. The molecule has 0 rings (SSSR count). The third kappa shape index (κ3) is 9.88. The summed E-state index contributed by atoms with van der Waals surface area (Å²) in [7, 11) is -3.65. The quantitative estimate of drug-likeness (QED) is 0.276. The van der Waals surface area contributed by atoms with E-state index in [0.29, 0.717) is 6.42 Å². The van der Waals surface area contributed by atoms with E-state index in [1.54, 1.807) is 5.48 Å². The number of hydroxylamine groups is 1. The average molecular weight is 406 g/mol. The summed E-state index contributed by atoms with van der Waals surface area (Å²) in [4.78, 5) is 25.1. The predicted molar refractivity (Wildman–Crippen MR) is 105 cm³/mol. The molecule has 9 heteroatoms. The minimum absolute atomic E-state index is 0.00536. The van der Waals surface area contributed by atoms with Crippen LogP contribution in [0.25, 0.3) is 0 Å². The first-order valence-electron chi connectivity index (χ1n) is 9.15. The van der Waals surface area contributed by atoms with Gasteiger partial charge < -0.3 is 0 Å². The van der Waals surface area contributed by atoms with Crippen molar-refractivity contribution in [2.24, 2.45) is 23.7 Å². The standard InChI is InChI=1S/C18H35N3O5S/c1-12(2)8-9-15(18(23)20-24)16(10-13(3)4)17(22)19-21(11-14(5)6)27(7,25)26/h8,13-16,24H,9-11H2,1-7H3,(H,19,22)(H,20,23)/t15-,16+/m0/s1. The number of allylic oxidation sites excluding steroid dienone is 2. The number of carbonyl (C=O) groups excluding carboxylic acids is 2. The van der Waals surface area contributed by atoms with E-state index in [-0.39, 0.29) is 24.8 Å². The lowest BCUT2D eigenvalue weighted by Crippen LogP contribution is -2.51. The second-order valence-corrected chi connectivity index (χ2v) is 9.91. The fraction of sp³-hybridized carbons (Fsp3) is 0.778.